The van der Waals surface area contributed by atoms with Crippen LogP contribution in [-0.2, 0) is 19.5 Å². The van der Waals surface area contributed by atoms with Crippen LogP contribution in [0.2, 0.25) is 0 Å². The molecule has 0 saturated carbocycles. The Morgan fingerprint density at radius 1 is 1.42 bits per heavy atom. The van der Waals surface area contributed by atoms with Gasteiger partial charge in [-0.2, -0.15) is 0 Å². The third-order valence-electron chi connectivity index (χ3n) is 4.15. The van der Waals surface area contributed by atoms with Crippen molar-refractivity contribution in [1.82, 2.24) is 25.0 Å². The molecule has 0 spiro atoms. The second-order valence-electron chi connectivity index (χ2n) is 5.97. The topological polar surface area (TPSA) is 87.9 Å². The lowest BCUT2D eigenvalue weighted by Gasteiger charge is -2.26. The highest BCUT2D eigenvalue weighted by Crippen LogP contribution is 2.19. The van der Waals surface area contributed by atoms with Crippen molar-refractivity contribution in [1.29, 1.82) is 0 Å². The van der Waals surface area contributed by atoms with Crippen LogP contribution >= 0.6 is 0 Å². The molecule has 1 aliphatic rings. The molecule has 3 aromatic rings. The summed E-state index contributed by atoms with van der Waals surface area (Å²) in [7, 11) is 0. The Morgan fingerprint density at radius 3 is 3.08 bits per heavy atom. The van der Waals surface area contributed by atoms with Crippen molar-refractivity contribution >= 4 is 0 Å². The maximum Gasteiger partial charge on any atom is 0.254 e. The number of H-pyrrole nitrogens is 1. The fourth-order valence-electron chi connectivity index (χ4n) is 2.99. The third-order valence-corrected chi connectivity index (χ3v) is 4.15. The van der Waals surface area contributed by atoms with E-state index in [0.29, 0.717) is 25.3 Å². The van der Waals surface area contributed by atoms with Gasteiger partial charge in [0.05, 0.1) is 11.4 Å². The maximum atomic E-state index is 12.4. The molecule has 3 aromatic heterocycles. The van der Waals surface area contributed by atoms with E-state index in [4.69, 9.17) is 4.52 Å². The summed E-state index contributed by atoms with van der Waals surface area (Å²) in [5, 5.41) is 4.04. The maximum absolute atomic E-state index is 12.4. The Morgan fingerprint density at radius 2 is 2.33 bits per heavy atom. The predicted octanol–water partition coefficient (Wildman–Crippen LogP) is 1.69. The van der Waals surface area contributed by atoms with Crippen LogP contribution < -0.4 is 5.56 Å². The first-order chi connectivity index (χ1) is 11.7. The van der Waals surface area contributed by atoms with Crippen LogP contribution in [0.1, 0.15) is 22.7 Å². The normalized spacial score (nSPS) is 14.5. The lowest BCUT2D eigenvalue weighted by atomic mass is 10.1. The van der Waals surface area contributed by atoms with Crippen LogP contribution in [0.5, 0.6) is 0 Å². The molecule has 0 unspecified atom stereocenters. The first-order valence-corrected chi connectivity index (χ1v) is 7.86. The Kier molecular flexibility index (Phi) is 3.70. The monoisotopic (exact) mass is 323 g/mol. The first-order valence-electron chi connectivity index (χ1n) is 7.86. The zero-order valence-electron chi connectivity index (χ0n) is 13.3. The molecule has 4 rings (SSSR count). The van der Waals surface area contributed by atoms with Crippen LogP contribution in [0.15, 0.2) is 39.9 Å². The molecule has 0 atom stereocenters. The average Bonchev–Trinajstić information content (AvgIpc) is 3.00. The van der Waals surface area contributed by atoms with Crippen LogP contribution in [-0.4, -0.2) is 31.6 Å². The van der Waals surface area contributed by atoms with Crippen molar-refractivity contribution in [3.63, 3.8) is 0 Å². The summed E-state index contributed by atoms with van der Waals surface area (Å²) < 4.78 is 5.12. The van der Waals surface area contributed by atoms with Crippen LogP contribution in [0, 0.1) is 6.92 Å². The van der Waals surface area contributed by atoms with Crippen LogP contribution in [0.3, 0.4) is 0 Å². The highest BCUT2D eigenvalue weighted by Gasteiger charge is 2.22. The molecule has 1 N–H and O–H groups in total. The van der Waals surface area contributed by atoms with Crippen molar-refractivity contribution in [2.45, 2.75) is 26.4 Å². The van der Waals surface area contributed by atoms with E-state index in [-0.39, 0.29) is 5.56 Å². The molecule has 0 amide bonds. The Labute approximate surface area is 138 Å². The molecule has 0 aromatic carbocycles. The van der Waals surface area contributed by atoms with E-state index in [1.165, 1.54) is 0 Å². The zero-order chi connectivity index (χ0) is 16.5. The van der Waals surface area contributed by atoms with Crippen LogP contribution in [0.25, 0.3) is 11.4 Å². The molecule has 1 aliphatic heterocycles. The van der Waals surface area contributed by atoms with Crippen molar-refractivity contribution in [2.24, 2.45) is 0 Å². The van der Waals surface area contributed by atoms with E-state index in [9.17, 15) is 4.79 Å². The Bertz CT molecular complexity index is 916. The molecule has 122 valence electrons. The first kappa shape index (κ1) is 14.8. The van der Waals surface area contributed by atoms with Gasteiger partial charge in [0, 0.05) is 49.2 Å². The van der Waals surface area contributed by atoms with Crippen molar-refractivity contribution in [3.8, 4) is 11.4 Å². The summed E-state index contributed by atoms with van der Waals surface area (Å²) in [5.41, 5.74) is 3.24. The van der Waals surface area contributed by atoms with Gasteiger partial charge in [0.1, 0.15) is 11.6 Å². The molecule has 24 heavy (non-hydrogen) atoms. The summed E-state index contributed by atoms with van der Waals surface area (Å²) in [5.74, 6) is 1.36. The highest BCUT2D eigenvalue weighted by atomic mass is 16.5. The predicted molar refractivity (Wildman–Crippen MR) is 87.1 cm³/mol. The number of aromatic amines is 1. The lowest BCUT2D eigenvalue weighted by Crippen LogP contribution is -2.35. The molecule has 7 nitrogen and oxygen atoms in total. The number of rotatable bonds is 3. The van der Waals surface area contributed by atoms with Gasteiger partial charge in [-0.3, -0.25) is 14.7 Å². The SMILES string of the molecule is Cc1cc(CN2CCc3c(nc(-c4cccnc4)[nH]c3=O)C2)no1. The summed E-state index contributed by atoms with van der Waals surface area (Å²) in [6.45, 7) is 3.99. The number of nitrogens with zero attached hydrogens (tertiary/aromatic N) is 4. The summed E-state index contributed by atoms with van der Waals surface area (Å²) in [6, 6.07) is 5.65. The Balaban J connectivity index is 1.62. The molecular weight excluding hydrogens is 306 g/mol. The van der Waals surface area contributed by atoms with Crippen molar-refractivity contribution in [2.75, 3.05) is 6.54 Å². The summed E-state index contributed by atoms with van der Waals surface area (Å²) in [6.07, 6.45) is 4.08. The van der Waals surface area contributed by atoms with Crippen LogP contribution in [0.4, 0.5) is 0 Å². The van der Waals surface area contributed by atoms with E-state index in [2.05, 4.69) is 25.0 Å². The minimum absolute atomic E-state index is 0.0595. The number of pyridine rings is 1. The molecule has 7 heteroatoms. The molecule has 0 bridgehead atoms. The van der Waals surface area contributed by atoms with Gasteiger partial charge < -0.3 is 9.51 Å². The van der Waals surface area contributed by atoms with Gasteiger partial charge in [0.15, 0.2) is 0 Å². The minimum atomic E-state index is -0.0595. The van der Waals surface area contributed by atoms with Gasteiger partial charge in [0.25, 0.3) is 5.56 Å². The van der Waals surface area contributed by atoms with E-state index in [1.807, 2.05) is 25.1 Å². The minimum Gasteiger partial charge on any atom is -0.361 e. The fourth-order valence-corrected chi connectivity index (χ4v) is 2.99. The highest BCUT2D eigenvalue weighted by molar-refractivity contribution is 5.53. The van der Waals surface area contributed by atoms with Gasteiger partial charge in [-0.05, 0) is 25.5 Å². The van der Waals surface area contributed by atoms with E-state index in [1.54, 1.807) is 12.4 Å². The van der Waals surface area contributed by atoms with E-state index >= 15 is 0 Å². The average molecular weight is 323 g/mol. The van der Waals surface area contributed by atoms with Gasteiger partial charge >= 0.3 is 0 Å². The summed E-state index contributed by atoms with van der Waals surface area (Å²) in [4.78, 5) is 26.2. The van der Waals surface area contributed by atoms with Crippen molar-refractivity contribution < 1.29 is 4.52 Å². The number of nitrogens with one attached hydrogen (secondary N) is 1. The smallest absolute Gasteiger partial charge is 0.254 e. The third kappa shape index (κ3) is 2.85. The quantitative estimate of drug-likeness (QED) is 0.789. The Hall–Kier alpha value is -2.80. The molecular formula is C17H17N5O2. The van der Waals surface area contributed by atoms with E-state index < -0.39 is 0 Å². The van der Waals surface area contributed by atoms with Gasteiger partial charge in [-0.15, -0.1) is 0 Å². The number of hydrogen-bond acceptors (Lipinski definition) is 6. The summed E-state index contributed by atoms with van der Waals surface area (Å²) >= 11 is 0. The molecule has 0 radical (unpaired) electrons. The number of aryl methyl sites for hydroxylation is 1. The molecule has 0 aliphatic carbocycles. The number of hydrogen-bond donors (Lipinski definition) is 1. The van der Waals surface area contributed by atoms with Gasteiger partial charge in [0.2, 0.25) is 0 Å². The largest absolute Gasteiger partial charge is 0.361 e. The van der Waals surface area contributed by atoms with Gasteiger partial charge in [-0.25, -0.2) is 4.98 Å². The molecule has 0 fully saturated rings. The molecule has 4 heterocycles. The second kappa shape index (κ2) is 6.01. The second-order valence-corrected chi connectivity index (χ2v) is 5.97. The van der Waals surface area contributed by atoms with E-state index in [0.717, 1.165) is 34.8 Å². The molecule has 0 saturated heterocycles. The van der Waals surface area contributed by atoms with Crippen molar-refractivity contribution in [3.05, 3.63) is 63.7 Å². The number of aromatic nitrogens is 4. The zero-order valence-corrected chi connectivity index (χ0v) is 13.3. The fraction of sp³-hybridized carbons (Fsp3) is 0.294. The lowest BCUT2D eigenvalue weighted by molar-refractivity contribution is 0.232. The standard InChI is InChI=1S/C17H17N5O2/c1-11-7-13(21-24-11)9-22-6-4-14-15(10-22)19-16(20-17(14)23)12-3-2-5-18-8-12/h2-3,5,7-8H,4,6,9-10H2,1H3,(H,19,20,23). The number of fused-ring (bicyclic) bond motifs is 1. The van der Waals surface area contributed by atoms with Gasteiger partial charge in [-0.1, -0.05) is 5.16 Å².